The highest BCUT2D eigenvalue weighted by Crippen LogP contribution is 2.09. The van der Waals surface area contributed by atoms with E-state index in [1.165, 1.54) is 12.3 Å². The quantitative estimate of drug-likeness (QED) is 0.797. The van der Waals surface area contributed by atoms with Crippen LogP contribution < -0.4 is 10.7 Å². The minimum absolute atomic E-state index is 0.0646. The highest BCUT2D eigenvalue weighted by Gasteiger charge is 2.16. The topological polar surface area (TPSA) is 71.2 Å². The minimum Gasteiger partial charge on any atom is -0.444 e. The number of rotatable bonds is 1. The van der Waals surface area contributed by atoms with Crippen molar-refractivity contribution in [3.05, 3.63) is 27.5 Å². The molecule has 0 spiro atoms. The van der Waals surface area contributed by atoms with Crippen LogP contribution in [0.1, 0.15) is 20.8 Å². The van der Waals surface area contributed by atoms with Crippen molar-refractivity contribution in [3.63, 3.8) is 0 Å². The summed E-state index contributed by atoms with van der Waals surface area (Å²) >= 11 is 5.54. The number of aromatic amines is 1. The van der Waals surface area contributed by atoms with Gasteiger partial charge in [-0.1, -0.05) is 11.6 Å². The van der Waals surface area contributed by atoms with Gasteiger partial charge >= 0.3 is 6.09 Å². The number of H-pyrrole nitrogens is 1. The van der Waals surface area contributed by atoms with Crippen molar-refractivity contribution in [1.29, 1.82) is 0 Å². The standard InChI is InChI=1S/C10H13ClN2O3/c1-10(2,3)16-9(15)13-8-4-7(14)6(11)5-12-8/h4-5H,1-3H3,(H2,12,13,14,15). The summed E-state index contributed by atoms with van der Waals surface area (Å²) in [6, 6.07) is 1.19. The van der Waals surface area contributed by atoms with Crippen LogP contribution in [0.2, 0.25) is 5.02 Å². The Hall–Kier alpha value is -1.49. The number of pyridine rings is 1. The summed E-state index contributed by atoms with van der Waals surface area (Å²) < 4.78 is 5.01. The molecule has 2 N–H and O–H groups in total. The van der Waals surface area contributed by atoms with Gasteiger partial charge in [0.2, 0.25) is 5.43 Å². The number of aromatic nitrogens is 1. The lowest BCUT2D eigenvalue weighted by molar-refractivity contribution is 0.0635. The van der Waals surface area contributed by atoms with E-state index in [9.17, 15) is 9.59 Å². The normalized spacial score (nSPS) is 11.0. The van der Waals surface area contributed by atoms with Crippen LogP contribution in [-0.2, 0) is 4.74 Å². The first-order chi connectivity index (χ1) is 7.28. The molecule has 0 aliphatic heterocycles. The van der Waals surface area contributed by atoms with Gasteiger partial charge in [-0.05, 0) is 20.8 Å². The molecular formula is C10H13ClN2O3. The minimum atomic E-state index is -0.634. The molecule has 0 aliphatic rings. The summed E-state index contributed by atoms with van der Waals surface area (Å²) in [5.74, 6) is 0.239. The maximum atomic E-state index is 11.3. The molecule has 0 unspecified atom stereocenters. The second-order valence-electron chi connectivity index (χ2n) is 4.19. The molecular weight excluding hydrogens is 232 g/mol. The Labute approximate surface area is 97.8 Å². The molecule has 1 aromatic heterocycles. The molecule has 6 heteroatoms. The van der Waals surface area contributed by atoms with Crippen molar-refractivity contribution in [2.45, 2.75) is 26.4 Å². The fourth-order valence-electron chi connectivity index (χ4n) is 0.940. The maximum absolute atomic E-state index is 11.3. The molecule has 0 saturated carbocycles. The van der Waals surface area contributed by atoms with Gasteiger partial charge in [0, 0.05) is 12.3 Å². The number of ether oxygens (including phenoxy) is 1. The number of carbonyl (C=O) groups is 1. The van der Waals surface area contributed by atoms with Gasteiger partial charge < -0.3 is 9.72 Å². The van der Waals surface area contributed by atoms with Gasteiger partial charge in [0.15, 0.2) is 0 Å². The van der Waals surface area contributed by atoms with Crippen LogP contribution in [0.5, 0.6) is 0 Å². The molecule has 16 heavy (non-hydrogen) atoms. The Morgan fingerprint density at radius 3 is 2.62 bits per heavy atom. The summed E-state index contributed by atoms with van der Waals surface area (Å²) in [7, 11) is 0. The number of hydrogen-bond acceptors (Lipinski definition) is 3. The molecule has 0 atom stereocenters. The number of amides is 1. The van der Waals surface area contributed by atoms with Gasteiger partial charge in [0.25, 0.3) is 0 Å². The average molecular weight is 245 g/mol. The number of anilines is 1. The fraction of sp³-hybridized carbons (Fsp3) is 0.400. The third-order valence-corrected chi connectivity index (χ3v) is 1.80. The van der Waals surface area contributed by atoms with E-state index in [-0.39, 0.29) is 16.3 Å². The second-order valence-corrected chi connectivity index (χ2v) is 4.59. The van der Waals surface area contributed by atoms with Crippen LogP contribution in [-0.4, -0.2) is 16.7 Å². The molecule has 5 nitrogen and oxygen atoms in total. The van der Waals surface area contributed by atoms with Gasteiger partial charge in [0.05, 0.1) is 0 Å². The predicted molar refractivity (Wildman–Crippen MR) is 61.9 cm³/mol. The number of carbonyl (C=O) groups excluding carboxylic acids is 1. The first-order valence-electron chi connectivity index (χ1n) is 4.66. The fourth-order valence-corrected chi connectivity index (χ4v) is 1.05. The third kappa shape index (κ3) is 3.94. The molecule has 0 saturated heterocycles. The molecule has 1 aromatic rings. The summed E-state index contributed by atoms with van der Waals surface area (Å²) in [5, 5.41) is 2.46. The van der Waals surface area contributed by atoms with Crippen molar-refractivity contribution in [2.75, 3.05) is 5.32 Å². The van der Waals surface area contributed by atoms with Crippen molar-refractivity contribution >= 4 is 23.5 Å². The van der Waals surface area contributed by atoms with E-state index in [4.69, 9.17) is 16.3 Å². The van der Waals surface area contributed by atoms with Crippen molar-refractivity contribution < 1.29 is 9.53 Å². The van der Waals surface area contributed by atoms with Gasteiger partial charge in [-0.15, -0.1) is 0 Å². The summed E-state index contributed by atoms with van der Waals surface area (Å²) in [6.07, 6.45) is 0.668. The SMILES string of the molecule is CC(C)(C)OC(=O)Nc1cc(=O)c(Cl)c[nH]1. The van der Waals surface area contributed by atoms with Crippen LogP contribution in [0.15, 0.2) is 17.1 Å². The van der Waals surface area contributed by atoms with Crippen molar-refractivity contribution in [3.8, 4) is 0 Å². The zero-order valence-corrected chi connectivity index (χ0v) is 10.0. The monoisotopic (exact) mass is 244 g/mol. The number of halogens is 1. The first kappa shape index (κ1) is 12.6. The molecule has 1 amide bonds. The van der Waals surface area contributed by atoms with Gasteiger partial charge in [-0.25, -0.2) is 4.79 Å². The van der Waals surface area contributed by atoms with E-state index in [0.717, 1.165) is 0 Å². The lowest BCUT2D eigenvalue weighted by Crippen LogP contribution is -2.27. The molecule has 1 rings (SSSR count). The molecule has 0 bridgehead atoms. The van der Waals surface area contributed by atoms with E-state index in [2.05, 4.69) is 10.3 Å². The van der Waals surface area contributed by atoms with E-state index >= 15 is 0 Å². The largest absolute Gasteiger partial charge is 0.444 e. The maximum Gasteiger partial charge on any atom is 0.413 e. The zero-order valence-electron chi connectivity index (χ0n) is 9.26. The second kappa shape index (κ2) is 4.57. The summed E-state index contributed by atoms with van der Waals surface area (Å²) in [6.45, 7) is 5.24. The van der Waals surface area contributed by atoms with Crippen LogP contribution in [0, 0.1) is 0 Å². The van der Waals surface area contributed by atoms with E-state index in [1.54, 1.807) is 20.8 Å². The zero-order chi connectivity index (χ0) is 12.3. The number of hydrogen-bond donors (Lipinski definition) is 2. The Morgan fingerprint density at radius 1 is 1.50 bits per heavy atom. The first-order valence-corrected chi connectivity index (χ1v) is 5.04. The highest BCUT2D eigenvalue weighted by molar-refractivity contribution is 6.30. The van der Waals surface area contributed by atoms with Crippen molar-refractivity contribution in [1.82, 2.24) is 4.98 Å². The lowest BCUT2D eigenvalue weighted by Gasteiger charge is -2.19. The molecule has 0 fully saturated rings. The number of nitrogens with one attached hydrogen (secondary N) is 2. The molecule has 0 aromatic carbocycles. The van der Waals surface area contributed by atoms with Gasteiger partial charge in [0.1, 0.15) is 16.4 Å². The molecule has 1 heterocycles. The highest BCUT2D eigenvalue weighted by atomic mass is 35.5. The molecule has 0 aliphatic carbocycles. The summed E-state index contributed by atoms with van der Waals surface area (Å²) in [5.41, 5.74) is -0.956. The van der Waals surface area contributed by atoms with Crippen LogP contribution in [0.3, 0.4) is 0 Å². The Morgan fingerprint density at radius 2 is 2.12 bits per heavy atom. The van der Waals surface area contributed by atoms with E-state index in [0.29, 0.717) is 0 Å². The Balaban J connectivity index is 2.71. The van der Waals surface area contributed by atoms with Gasteiger partial charge in [-0.3, -0.25) is 10.1 Å². The molecule has 0 radical (unpaired) electrons. The van der Waals surface area contributed by atoms with E-state index in [1.807, 2.05) is 0 Å². The smallest absolute Gasteiger partial charge is 0.413 e. The molecule has 88 valence electrons. The summed E-state index contributed by atoms with van der Waals surface area (Å²) in [4.78, 5) is 25.1. The van der Waals surface area contributed by atoms with E-state index < -0.39 is 11.7 Å². The third-order valence-electron chi connectivity index (χ3n) is 1.50. The Bertz CT molecular complexity index is 448. The van der Waals surface area contributed by atoms with Gasteiger partial charge in [-0.2, -0.15) is 0 Å². The van der Waals surface area contributed by atoms with Crippen LogP contribution >= 0.6 is 11.6 Å². The Kier molecular flexibility index (Phi) is 3.59. The predicted octanol–water partition coefficient (Wildman–Crippen LogP) is 2.38. The van der Waals surface area contributed by atoms with Crippen LogP contribution in [0.4, 0.5) is 10.6 Å². The van der Waals surface area contributed by atoms with Crippen LogP contribution in [0.25, 0.3) is 0 Å². The van der Waals surface area contributed by atoms with Crippen molar-refractivity contribution in [2.24, 2.45) is 0 Å². The lowest BCUT2D eigenvalue weighted by atomic mass is 10.2. The average Bonchev–Trinajstić information content (AvgIpc) is 2.08.